The number of nitriles is 1. The first-order valence-corrected chi connectivity index (χ1v) is 6.74. The van der Waals surface area contributed by atoms with Gasteiger partial charge in [0.2, 0.25) is 5.91 Å². The van der Waals surface area contributed by atoms with Crippen molar-refractivity contribution in [3.8, 4) is 6.07 Å². The smallest absolute Gasteiger partial charge is 0.303 e. The van der Waals surface area contributed by atoms with Crippen LogP contribution in [0.1, 0.15) is 32.3 Å². The molecule has 5 nitrogen and oxygen atoms in total. The fourth-order valence-corrected chi connectivity index (χ4v) is 2.26. The molecule has 0 saturated carbocycles. The van der Waals surface area contributed by atoms with E-state index in [1.165, 1.54) is 0 Å². The molecule has 1 amide bonds. The number of carbonyl (C=O) groups excluding carboxylic acids is 1. The second kappa shape index (κ2) is 6.53. The summed E-state index contributed by atoms with van der Waals surface area (Å²) in [4.78, 5) is 22.6. The van der Waals surface area contributed by atoms with Gasteiger partial charge in [-0.3, -0.25) is 9.59 Å². The van der Waals surface area contributed by atoms with Crippen LogP contribution in [0.3, 0.4) is 0 Å². The molecule has 0 bridgehead atoms. The number of nitrogens with zero attached hydrogens (tertiary/aromatic N) is 1. The van der Waals surface area contributed by atoms with Gasteiger partial charge < -0.3 is 10.4 Å². The third-order valence-electron chi connectivity index (χ3n) is 2.64. The molecule has 0 aromatic heterocycles. The average Bonchev–Trinajstić information content (AvgIpc) is 2.29. The zero-order chi connectivity index (χ0) is 15.3. The van der Waals surface area contributed by atoms with E-state index < -0.39 is 11.4 Å². The quantitative estimate of drug-likeness (QED) is 0.862. The van der Waals surface area contributed by atoms with E-state index in [1.54, 1.807) is 32.0 Å². The maximum absolute atomic E-state index is 11.9. The predicted octanol–water partition coefficient (Wildman–Crippen LogP) is 3.15. The molecule has 0 atom stereocenters. The van der Waals surface area contributed by atoms with Crippen molar-refractivity contribution in [1.29, 1.82) is 5.26 Å². The van der Waals surface area contributed by atoms with Gasteiger partial charge in [-0.25, -0.2) is 0 Å². The Morgan fingerprint density at radius 1 is 1.40 bits per heavy atom. The molecule has 20 heavy (non-hydrogen) atoms. The number of amides is 1. The van der Waals surface area contributed by atoms with Crippen molar-refractivity contribution in [2.45, 2.75) is 26.7 Å². The Labute approximate surface area is 125 Å². The Bertz CT molecular complexity index is 576. The van der Waals surface area contributed by atoms with Gasteiger partial charge in [-0.05, 0) is 39.5 Å². The van der Waals surface area contributed by atoms with Gasteiger partial charge in [0, 0.05) is 10.9 Å². The molecule has 0 saturated heterocycles. The van der Waals surface area contributed by atoms with Crippen molar-refractivity contribution in [1.82, 2.24) is 0 Å². The highest BCUT2D eigenvalue weighted by Gasteiger charge is 2.25. The first-order chi connectivity index (χ1) is 9.23. The van der Waals surface area contributed by atoms with Crippen molar-refractivity contribution in [3.63, 3.8) is 0 Å². The molecule has 0 aliphatic rings. The van der Waals surface area contributed by atoms with E-state index in [0.717, 1.165) is 0 Å². The van der Waals surface area contributed by atoms with Crippen LogP contribution in [0.2, 0.25) is 0 Å². The van der Waals surface area contributed by atoms with Crippen LogP contribution in [0.4, 0.5) is 5.69 Å². The maximum Gasteiger partial charge on any atom is 0.303 e. The summed E-state index contributed by atoms with van der Waals surface area (Å²) in [5.41, 5.74) is 0.427. The lowest BCUT2D eigenvalue weighted by atomic mass is 9.85. The average molecular weight is 339 g/mol. The van der Waals surface area contributed by atoms with Crippen molar-refractivity contribution in [2.24, 2.45) is 5.41 Å². The normalized spacial score (nSPS) is 10.7. The summed E-state index contributed by atoms with van der Waals surface area (Å²) in [5, 5.41) is 20.2. The minimum atomic E-state index is -0.928. The largest absolute Gasteiger partial charge is 0.481 e. The van der Waals surface area contributed by atoms with Gasteiger partial charge in [0.25, 0.3) is 0 Å². The van der Waals surface area contributed by atoms with Gasteiger partial charge in [-0.15, -0.1) is 0 Å². The Balaban J connectivity index is 2.72. The number of carboxylic acids is 1. The van der Waals surface area contributed by atoms with Gasteiger partial charge in [0.05, 0.1) is 23.7 Å². The number of halogens is 1. The van der Waals surface area contributed by atoms with Crippen LogP contribution in [-0.4, -0.2) is 17.0 Å². The van der Waals surface area contributed by atoms with Crippen LogP contribution in [0, 0.1) is 16.7 Å². The van der Waals surface area contributed by atoms with E-state index >= 15 is 0 Å². The topological polar surface area (TPSA) is 90.2 Å². The fourth-order valence-electron chi connectivity index (χ4n) is 1.79. The van der Waals surface area contributed by atoms with Crippen LogP contribution >= 0.6 is 15.9 Å². The SMILES string of the molecule is CC(C)(CC(=O)O)CC(=O)Nc1ccc(C#N)cc1Br. The van der Waals surface area contributed by atoms with Gasteiger partial charge >= 0.3 is 5.97 Å². The summed E-state index contributed by atoms with van der Waals surface area (Å²) >= 11 is 3.28. The monoisotopic (exact) mass is 338 g/mol. The number of hydrogen-bond donors (Lipinski definition) is 2. The number of anilines is 1. The highest BCUT2D eigenvalue weighted by atomic mass is 79.9. The summed E-state index contributed by atoms with van der Waals surface area (Å²) in [6.07, 6.45) is 0.0285. The zero-order valence-corrected chi connectivity index (χ0v) is 12.8. The molecular weight excluding hydrogens is 324 g/mol. The number of aliphatic carboxylic acids is 1. The molecule has 0 aliphatic carbocycles. The number of hydrogen-bond acceptors (Lipinski definition) is 3. The highest BCUT2D eigenvalue weighted by molar-refractivity contribution is 9.10. The van der Waals surface area contributed by atoms with E-state index in [2.05, 4.69) is 21.2 Å². The lowest BCUT2D eigenvalue weighted by Gasteiger charge is -2.21. The predicted molar refractivity (Wildman–Crippen MR) is 78.1 cm³/mol. The Morgan fingerprint density at radius 3 is 2.55 bits per heavy atom. The second-order valence-electron chi connectivity index (χ2n) is 5.27. The maximum atomic E-state index is 11.9. The molecule has 0 spiro atoms. The number of rotatable bonds is 5. The number of carbonyl (C=O) groups is 2. The lowest BCUT2D eigenvalue weighted by Crippen LogP contribution is -2.24. The fraction of sp³-hybridized carbons (Fsp3) is 0.357. The molecule has 0 fully saturated rings. The minimum absolute atomic E-state index is 0.0744. The molecule has 1 rings (SSSR count). The van der Waals surface area contributed by atoms with Crippen molar-refractivity contribution in [2.75, 3.05) is 5.32 Å². The van der Waals surface area contributed by atoms with Gasteiger partial charge in [0.15, 0.2) is 0 Å². The standard InChI is InChI=1S/C14H15BrN2O3/c1-14(2,7-13(19)20)6-12(18)17-11-4-3-9(8-16)5-10(11)15/h3-5H,6-7H2,1-2H3,(H,17,18)(H,19,20). The van der Waals surface area contributed by atoms with Crippen LogP contribution in [-0.2, 0) is 9.59 Å². The Hall–Kier alpha value is -1.87. The zero-order valence-electron chi connectivity index (χ0n) is 11.2. The van der Waals surface area contributed by atoms with Crippen molar-refractivity contribution in [3.05, 3.63) is 28.2 Å². The summed E-state index contributed by atoms with van der Waals surface area (Å²) in [6.45, 7) is 3.46. The van der Waals surface area contributed by atoms with Crippen LogP contribution in [0.25, 0.3) is 0 Å². The third-order valence-corrected chi connectivity index (χ3v) is 3.30. The van der Waals surface area contributed by atoms with Crippen LogP contribution in [0.5, 0.6) is 0 Å². The minimum Gasteiger partial charge on any atom is -0.481 e. The molecule has 6 heteroatoms. The third kappa shape index (κ3) is 5.02. The molecule has 0 radical (unpaired) electrons. The van der Waals surface area contributed by atoms with Gasteiger partial charge in [0.1, 0.15) is 0 Å². The summed E-state index contributed by atoms with van der Waals surface area (Å²) in [7, 11) is 0. The molecule has 106 valence electrons. The lowest BCUT2D eigenvalue weighted by molar-refractivity contribution is -0.139. The molecule has 2 N–H and O–H groups in total. The second-order valence-corrected chi connectivity index (χ2v) is 6.12. The Kier molecular flexibility index (Phi) is 5.28. The molecule has 1 aromatic rings. The van der Waals surface area contributed by atoms with Gasteiger partial charge in [-0.2, -0.15) is 5.26 Å². The highest BCUT2D eigenvalue weighted by Crippen LogP contribution is 2.28. The van der Waals surface area contributed by atoms with E-state index in [1.807, 2.05) is 6.07 Å². The van der Waals surface area contributed by atoms with E-state index in [4.69, 9.17) is 10.4 Å². The van der Waals surface area contributed by atoms with Crippen LogP contribution in [0.15, 0.2) is 22.7 Å². The van der Waals surface area contributed by atoms with Crippen molar-refractivity contribution >= 4 is 33.5 Å². The molecule has 0 aliphatic heterocycles. The number of nitrogens with one attached hydrogen (secondary N) is 1. The summed E-state index contributed by atoms with van der Waals surface area (Å²) < 4.78 is 0.612. The molecule has 0 unspecified atom stereocenters. The molecule has 0 heterocycles. The van der Waals surface area contributed by atoms with E-state index in [0.29, 0.717) is 15.7 Å². The summed E-state index contributed by atoms with van der Waals surface area (Å²) in [6, 6.07) is 6.84. The first kappa shape index (κ1) is 16.2. The van der Waals surface area contributed by atoms with Crippen molar-refractivity contribution < 1.29 is 14.7 Å². The van der Waals surface area contributed by atoms with E-state index in [-0.39, 0.29) is 18.7 Å². The number of carboxylic acid groups (broad SMARTS) is 1. The number of benzene rings is 1. The molecule has 1 aromatic carbocycles. The first-order valence-electron chi connectivity index (χ1n) is 5.95. The van der Waals surface area contributed by atoms with E-state index in [9.17, 15) is 9.59 Å². The summed E-state index contributed by atoms with van der Waals surface area (Å²) in [5.74, 6) is -1.19. The molecular formula is C14H15BrN2O3. The Morgan fingerprint density at radius 2 is 2.05 bits per heavy atom. The van der Waals surface area contributed by atoms with Crippen LogP contribution < -0.4 is 5.32 Å². The van der Waals surface area contributed by atoms with Gasteiger partial charge in [-0.1, -0.05) is 13.8 Å².